The van der Waals surface area contributed by atoms with Gasteiger partial charge in [0.25, 0.3) is 11.7 Å². The molecule has 0 aromatic rings. The summed E-state index contributed by atoms with van der Waals surface area (Å²) in [4.78, 5) is 0. The first-order chi connectivity index (χ1) is 2.27. The van der Waals surface area contributed by atoms with E-state index in [2.05, 4.69) is 12.2 Å². The van der Waals surface area contributed by atoms with E-state index in [0.717, 1.165) is 0 Å². The highest BCUT2D eigenvalue weighted by Gasteiger charge is 1.87. The summed E-state index contributed by atoms with van der Waals surface area (Å²) in [5.74, 6) is 0. The Hall–Kier alpha value is 0.760. The highest BCUT2D eigenvalue weighted by atomic mass is 33.1. The summed E-state index contributed by atoms with van der Waals surface area (Å²) in [6.45, 7) is 0. The van der Waals surface area contributed by atoms with Crippen LogP contribution in [0.15, 0.2) is 0 Å². The maximum atomic E-state index is 9.49. The molecule has 0 rings (SSSR count). The van der Waals surface area contributed by atoms with Crippen molar-refractivity contribution >= 4 is 30.1 Å². The van der Waals surface area contributed by atoms with Crippen LogP contribution in [0.4, 0.5) is 0 Å². The van der Waals surface area contributed by atoms with Crippen molar-refractivity contribution in [1.82, 2.24) is 0 Å². The molecular weight excluding hydrogens is 127 g/mol. The molecule has 1 unspecified atom stereocenters. The van der Waals surface area contributed by atoms with Gasteiger partial charge in [-0.25, -0.2) is 0 Å². The standard InChI is InChI=1S/HO2PS2/c1-3(4)5-2/h2H. The van der Waals surface area contributed by atoms with E-state index in [-0.39, 0.29) is 11.7 Å². The Morgan fingerprint density at radius 1 is 2.00 bits per heavy atom. The van der Waals surface area contributed by atoms with Crippen molar-refractivity contribution in [1.29, 1.82) is 0 Å². The van der Waals surface area contributed by atoms with Crippen molar-refractivity contribution in [3.63, 3.8) is 0 Å². The molecule has 0 spiro atoms. The lowest BCUT2D eigenvalue weighted by molar-refractivity contribution is 0.600. The van der Waals surface area contributed by atoms with Crippen LogP contribution in [0.2, 0.25) is 0 Å². The van der Waals surface area contributed by atoms with Gasteiger partial charge < -0.3 is 12.2 Å². The van der Waals surface area contributed by atoms with Crippen LogP contribution in [-0.4, -0.2) is 4.55 Å². The SMILES string of the molecule is O=[P+]([S-])SO. The summed E-state index contributed by atoms with van der Waals surface area (Å²) in [6, 6.07) is 0. The fourth-order valence-corrected chi connectivity index (χ4v) is 0. The summed E-state index contributed by atoms with van der Waals surface area (Å²) in [6.07, 6.45) is -1.79. The molecule has 0 aliphatic rings. The lowest BCUT2D eigenvalue weighted by Gasteiger charge is -1.66. The van der Waals surface area contributed by atoms with Crippen LogP contribution in [0.5, 0.6) is 0 Å². The molecule has 0 radical (unpaired) electrons. The van der Waals surface area contributed by atoms with Gasteiger partial charge in [0, 0.05) is 0 Å². The minimum absolute atomic E-state index is 0.204. The van der Waals surface area contributed by atoms with Crippen LogP contribution in [0.3, 0.4) is 0 Å². The van der Waals surface area contributed by atoms with E-state index in [1.807, 2.05) is 0 Å². The van der Waals surface area contributed by atoms with E-state index >= 15 is 0 Å². The first-order valence-electron chi connectivity index (χ1n) is 0.730. The van der Waals surface area contributed by atoms with Gasteiger partial charge >= 0.3 is 6.20 Å². The Morgan fingerprint density at radius 2 is 2.20 bits per heavy atom. The van der Waals surface area contributed by atoms with Crippen LogP contribution >= 0.6 is 17.9 Å². The molecule has 5 heteroatoms. The molecule has 0 bridgehead atoms. The minimum atomic E-state index is -1.79. The summed E-state index contributed by atoms with van der Waals surface area (Å²) in [5.41, 5.74) is 0. The molecule has 1 N–H and O–H groups in total. The Kier molecular flexibility index (Phi) is 3.42. The normalized spacial score (nSPS) is 11.2. The topological polar surface area (TPSA) is 37.3 Å². The minimum Gasteiger partial charge on any atom is -0.429 e. The second-order valence-electron chi connectivity index (χ2n) is 0.305. The molecule has 0 aliphatic heterocycles. The molecule has 0 aliphatic carbocycles. The number of hydrogen-bond donors (Lipinski definition) is 1. The highest BCUT2D eigenvalue weighted by molar-refractivity contribution is 8.72. The molecule has 0 saturated carbocycles. The van der Waals surface area contributed by atoms with Crippen molar-refractivity contribution in [2.24, 2.45) is 0 Å². The van der Waals surface area contributed by atoms with E-state index < -0.39 is 6.20 Å². The average molecular weight is 128 g/mol. The first-order valence-corrected chi connectivity index (χ1v) is 4.38. The number of rotatable bonds is 1. The lowest BCUT2D eigenvalue weighted by atomic mass is 15.9. The van der Waals surface area contributed by atoms with E-state index in [0.29, 0.717) is 0 Å². The van der Waals surface area contributed by atoms with Gasteiger partial charge in [-0.3, -0.25) is 4.55 Å². The highest BCUT2D eigenvalue weighted by Crippen LogP contribution is 2.30. The first kappa shape index (κ1) is 5.76. The van der Waals surface area contributed by atoms with Gasteiger partial charge in [0.2, 0.25) is 0 Å². The third kappa shape index (κ3) is 4.76. The van der Waals surface area contributed by atoms with E-state index in [4.69, 9.17) is 4.55 Å². The predicted molar refractivity (Wildman–Crippen MR) is 25.2 cm³/mol. The molecule has 5 heavy (non-hydrogen) atoms. The molecule has 0 aromatic heterocycles. The Labute approximate surface area is 39.9 Å². The van der Waals surface area contributed by atoms with Crippen molar-refractivity contribution in [3.05, 3.63) is 0 Å². The molecule has 0 heterocycles. The molecule has 2 nitrogen and oxygen atoms in total. The zero-order valence-electron chi connectivity index (χ0n) is 2.12. The summed E-state index contributed by atoms with van der Waals surface area (Å²) in [7, 11) is 0. The molecule has 0 saturated heterocycles. The summed E-state index contributed by atoms with van der Waals surface area (Å²) >= 11 is 4.21. The van der Waals surface area contributed by atoms with E-state index in [1.165, 1.54) is 0 Å². The Morgan fingerprint density at radius 3 is 2.20 bits per heavy atom. The van der Waals surface area contributed by atoms with Crippen molar-refractivity contribution in [2.45, 2.75) is 0 Å². The van der Waals surface area contributed by atoms with Gasteiger partial charge in [-0.05, 0) is 0 Å². The smallest absolute Gasteiger partial charge is 0.308 e. The molecule has 0 aromatic carbocycles. The fourth-order valence-electron chi connectivity index (χ4n) is 0. The maximum Gasteiger partial charge on any atom is 0.308 e. The van der Waals surface area contributed by atoms with Gasteiger partial charge in [-0.1, -0.05) is 4.57 Å². The van der Waals surface area contributed by atoms with Gasteiger partial charge in [0.1, 0.15) is 0 Å². The number of hydrogen-bond acceptors (Lipinski definition) is 4. The molecular formula is HO2PS2. The van der Waals surface area contributed by atoms with Crippen LogP contribution < -0.4 is 0 Å². The lowest BCUT2D eigenvalue weighted by Crippen LogP contribution is -1.32. The maximum absolute atomic E-state index is 9.49. The van der Waals surface area contributed by atoms with E-state index in [1.54, 1.807) is 0 Å². The Bertz CT molecular complexity index is 42.9. The largest absolute Gasteiger partial charge is 0.429 e. The molecule has 1 atom stereocenters. The van der Waals surface area contributed by atoms with Gasteiger partial charge in [-0.15, -0.1) is 0 Å². The van der Waals surface area contributed by atoms with Crippen molar-refractivity contribution in [2.75, 3.05) is 0 Å². The zero-order chi connectivity index (χ0) is 4.28. The van der Waals surface area contributed by atoms with Crippen LogP contribution in [0, 0.1) is 0 Å². The third-order valence-electron chi connectivity index (χ3n) is 0.0667. The van der Waals surface area contributed by atoms with Gasteiger partial charge in [0.05, 0.1) is 0 Å². The van der Waals surface area contributed by atoms with Crippen LogP contribution in [0.1, 0.15) is 0 Å². The zero-order valence-corrected chi connectivity index (χ0v) is 4.65. The summed E-state index contributed by atoms with van der Waals surface area (Å²) < 4.78 is 17.2. The quantitative estimate of drug-likeness (QED) is 0.329. The second kappa shape index (κ2) is 2.97. The molecule has 0 amide bonds. The predicted octanol–water partition coefficient (Wildman–Crippen LogP) is 1.40. The molecule has 30 valence electrons. The van der Waals surface area contributed by atoms with Gasteiger partial charge in [-0.2, -0.15) is 0 Å². The van der Waals surface area contributed by atoms with Crippen LogP contribution in [-0.2, 0) is 16.8 Å². The molecule has 0 fully saturated rings. The summed E-state index contributed by atoms with van der Waals surface area (Å²) in [5, 5.41) is 0. The van der Waals surface area contributed by atoms with Gasteiger partial charge in [0.15, 0.2) is 0 Å². The fraction of sp³-hybridized carbons (Fsp3) is 0. The van der Waals surface area contributed by atoms with E-state index in [9.17, 15) is 4.57 Å². The average Bonchev–Trinajstić information content (AvgIpc) is 1.38. The monoisotopic (exact) mass is 128 g/mol. The van der Waals surface area contributed by atoms with Crippen molar-refractivity contribution in [3.8, 4) is 0 Å². The van der Waals surface area contributed by atoms with Crippen molar-refractivity contribution < 1.29 is 9.12 Å². The van der Waals surface area contributed by atoms with Crippen LogP contribution in [0.25, 0.3) is 0 Å². The Balaban J connectivity index is 2.85. The second-order valence-corrected chi connectivity index (χ2v) is 4.09. The third-order valence-corrected chi connectivity index (χ3v) is 1.20.